The van der Waals surface area contributed by atoms with E-state index in [0.29, 0.717) is 16.4 Å². The van der Waals surface area contributed by atoms with Gasteiger partial charge in [0.25, 0.3) is 5.91 Å². The second kappa shape index (κ2) is 5.71. The molecule has 2 rings (SSSR count). The molecule has 1 aromatic heterocycles. The van der Waals surface area contributed by atoms with Gasteiger partial charge in [-0.15, -0.1) is 0 Å². The fourth-order valence-electron chi connectivity index (χ4n) is 1.71. The predicted molar refractivity (Wildman–Crippen MR) is 76.0 cm³/mol. The molecular weight excluding hydrogens is 262 g/mol. The van der Waals surface area contributed by atoms with Crippen molar-refractivity contribution in [2.45, 2.75) is 13.0 Å². The number of hydrogen-bond donors (Lipinski definition) is 2. The lowest BCUT2D eigenvalue weighted by molar-refractivity contribution is 0.0935. The number of amides is 1. The van der Waals surface area contributed by atoms with Crippen molar-refractivity contribution in [3.63, 3.8) is 0 Å². The summed E-state index contributed by atoms with van der Waals surface area (Å²) in [5.41, 5.74) is 7.25. The van der Waals surface area contributed by atoms with Gasteiger partial charge in [-0.25, -0.2) is 4.98 Å². The first-order valence-electron chi connectivity index (χ1n) is 5.84. The maximum atomic E-state index is 12.0. The van der Waals surface area contributed by atoms with Gasteiger partial charge in [0, 0.05) is 5.02 Å². The van der Waals surface area contributed by atoms with Crippen molar-refractivity contribution in [1.82, 2.24) is 10.3 Å². The molecule has 0 saturated heterocycles. The van der Waals surface area contributed by atoms with Gasteiger partial charge in [0.1, 0.15) is 5.69 Å². The Balaban J connectivity index is 2.11. The lowest BCUT2D eigenvalue weighted by Gasteiger charge is -2.15. The highest BCUT2D eigenvalue weighted by molar-refractivity contribution is 6.31. The van der Waals surface area contributed by atoms with Gasteiger partial charge in [-0.05, 0) is 30.7 Å². The highest BCUT2D eigenvalue weighted by Crippen LogP contribution is 2.22. The molecule has 3 N–H and O–H groups in total. The van der Waals surface area contributed by atoms with Crippen molar-refractivity contribution in [3.8, 4) is 0 Å². The summed E-state index contributed by atoms with van der Waals surface area (Å²) in [4.78, 5) is 16.0. The fraction of sp³-hybridized carbons (Fsp3) is 0.143. The molecule has 0 aliphatic carbocycles. The average molecular weight is 276 g/mol. The molecule has 0 aliphatic rings. The lowest BCUT2D eigenvalue weighted by atomic mass is 10.1. The van der Waals surface area contributed by atoms with E-state index in [2.05, 4.69) is 10.3 Å². The first-order valence-corrected chi connectivity index (χ1v) is 6.22. The fourth-order valence-corrected chi connectivity index (χ4v) is 2.01. The summed E-state index contributed by atoms with van der Waals surface area (Å²) in [7, 11) is 0. The number of hydrogen-bond acceptors (Lipinski definition) is 3. The number of nitrogens with one attached hydrogen (secondary N) is 1. The van der Waals surface area contributed by atoms with Crippen LogP contribution >= 0.6 is 11.6 Å². The molecule has 2 aromatic rings. The summed E-state index contributed by atoms with van der Waals surface area (Å²) in [5, 5.41) is 3.47. The number of nitrogen functional groups attached to an aromatic ring is 1. The third kappa shape index (κ3) is 3.23. The van der Waals surface area contributed by atoms with Crippen LogP contribution in [0.3, 0.4) is 0 Å². The van der Waals surface area contributed by atoms with E-state index in [4.69, 9.17) is 17.3 Å². The van der Waals surface area contributed by atoms with E-state index in [1.165, 1.54) is 6.20 Å². The Labute approximate surface area is 116 Å². The van der Waals surface area contributed by atoms with Crippen LogP contribution in [0.15, 0.2) is 42.6 Å². The van der Waals surface area contributed by atoms with Crippen LogP contribution in [0.25, 0.3) is 0 Å². The van der Waals surface area contributed by atoms with Crippen LogP contribution < -0.4 is 11.1 Å². The quantitative estimate of drug-likeness (QED) is 0.905. The zero-order valence-electron chi connectivity index (χ0n) is 10.4. The Morgan fingerprint density at radius 1 is 1.32 bits per heavy atom. The van der Waals surface area contributed by atoms with E-state index in [9.17, 15) is 4.79 Å². The first kappa shape index (κ1) is 13.4. The second-order valence-corrected chi connectivity index (χ2v) is 4.60. The van der Waals surface area contributed by atoms with Gasteiger partial charge in [-0.2, -0.15) is 0 Å². The molecular formula is C14H14ClN3O. The third-order valence-corrected chi connectivity index (χ3v) is 3.08. The highest BCUT2D eigenvalue weighted by Gasteiger charge is 2.14. The van der Waals surface area contributed by atoms with Crippen LogP contribution in [0.5, 0.6) is 0 Å². The number of anilines is 1. The van der Waals surface area contributed by atoms with Crippen molar-refractivity contribution >= 4 is 23.2 Å². The molecule has 1 amide bonds. The molecule has 0 spiro atoms. The lowest BCUT2D eigenvalue weighted by Crippen LogP contribution is -2.27. The van der Waals surface area contributed by atoms with Gasteiger partial charge in [-0.3, -0.25) is 4.79 Å². The summed E-state index contributed by atoms with van der Waals surface area (Å²) in [5.74, 6) is -0.257. The smallest absolute Gasteiger partial charge is 0.270 e. The molecule has 5 heteroatoms. The zero-order chi connectivity index (χ0) is 13.8. The van der Waals surface area contributed by atoms with Crippen LogP contribution in [-0.4, -0.2) is 10.9 Å². The molecule has 1 unspecified atom stereocenters. The highest BCUT2D eigenvalue weighted by atomic mass is 35.5. The van der Waals surface area contributed by atoms with E-state index < -0.39 is 0 Å². The molecule has 0 saturated carbocycles. The molecule has 1 atom stereocenters. The molecule has 1 aromatic carbocycles. The second-order valence-electron chi connectivity index (χ2n) is 4.19. The van der Waals surface area contributed by atoms with Crippen LogP contribution in [0.1, 0.15) is 29.0 Å². The standard InChI is InChI=1S/C14H14ClN3O/c1-9(11-4-2-3-5-12(11)15)18-14(19)13-7-6-10(16)8-17-13/h2-9H,16H2,1H3,(H,18,19). The monoisotopic (exact) mass is 275 g/mol. The predicted octanol–water partition coefficient (Wildman–Crippen LogP) is 2.81. The van der Waals surface area contributed by atoms with E-state index in [0.717, 1.165) is 5.56 Å². The number of pyridine rings is 1. The van der Waals surface area contributed by atoms with Crippen LogP contribution in [0, 0.1) is 0 Å². The number of carbonyl (C=O) groups is 1. The van der Waals surface area contributed by atoms with Crippen LogP contribution in [0.2, 0.25) is 5.02 Å². The summed E-state index contributed by atoms with van der Waals surface area (Å²) >= 11 is 6.09. The number of halogens is 1. The maximum Gasteiger partial charge on any atom is 0.270 e. The van der Waals surface area contributed by atoms with E-state index in [1.807, 2.05) is 25.1 Å². The number of aromatic nitrogens is 1. The van der Waals surface area contributed by atoms with Gasteiger partial charge < -0.3 is 11.1 Å². The number of benzene rings is 1. The van der Waals surface area contributed by atoms with Crippen molar-refractivity contribution < 1.29 is 4.79 Å². The van der Waals surface area contributed by atoms with Crippen LogP contribution in [-0.2, 0) is 0 Å². The SMILES string of the molecule is CC(NC(=O)c1ccc(N)cn1)c1ccccc1Cl. The van der Waals surface area contributed by atoms with Gasteiger partial charge in [0.15, 0.2) is 0 Å². The van der Waals surface area contributed by atoms with E-state index >= 15 is 0 Å². The zero-order valence-corrected chi connectivity index (χ0v) is 11.2. The minimum atomic E-state index is -0.257. The number of nitrogens with two attached hydrogens (primary N) is 1. The molecule has 0 radical (unpaired) electrons. The minimum absolute atomic E-state index is 0.194. The molecule has 19 heavy (non-hydrogen) atoms. The Kier molecular flexibility index (Phi) is 4.02. The molecule has 0 aliphatic heterocycles. The summed E-state index contributed by atoms with van der Waals surface area (Å²) < 4.78 is 0. The van der Waals surface area contributed by atoms with Gasteiger partial charge in [0.05, 0.1) is 17.9 Å². The number of nitrogens with zero attached hydrogens (tertiary/aromatic N) is 1. The Morgan fingerprint density at radius 2 is 2.05 bits per heavy atom. The summed E-state index contributed by atoms with van der Waals surface area (Å²) in [6.45, 7) is 1.87. The molecule has 0 fully saturated rings. The van der Waals surface area contributed by atoms with Gasteiger partial charge in [-0.1, -0.05) is 29.8 Å². The normalized spacial score (nSPS) is 11.9. The van der Waals surface area contributed by atoms with Crippen LogP contribution in [0.4, 0.5) is 5.69 Å². The Morgan fingerprint density at radius 3 is 2.68 bits per heavy atom. The Hall–Kier alpha value is -2.07. The largest absolute Gasteiger partial charge is 0.397 e. The molecule has 4 nitrogen and oxygen atoms in total. The van der Waals surface area contributed by atoms with Crippen molar-refractivity contribution in [1.29, 1.82) is 0 Å². The Bertz CT molecular complexity index is 583. The summed E-state index contributed by atoms with van der Waals surface area (Å²) in [6, 6.07) is 10.4. The van der Waals surface area contributed by atoms with Gasteiger partial charge >= 0.3 is 0 Å². The van der Waals surface area contributed by atoms with Crippen molar-refractivity contribution in [2.75, 3.05) is 5.73 Å². The number of carbonyl (C=O) groups excluding carboxylic acids is 1. The van der Waals surface area contributed by atoms with E-state index in [-0.39, 0.29) is 11.9 Å². The molecule has 0 bridgehead atoms. The van der Waals surface area contributed by atoms with E-state index in [1.54, 1.807) is 18.2 Å². The topological polar surface area (TPSA) is 68.0 Å². The third-order valence-electron chi connectivity index (χ3n) is 2.74. The minimum Gasteiger partial charge on any atom is -0.397 e. The first-order chi connectivity index (χ1) is 9.08. The average Bonchev–Trinajstić information content (AvgIpc) is 2.39. The maximum absolute atomic E-state index is 12.0. The van der Waals surface area contributed by atoms with Crippen molar-refractivity contribution in [3.05, 3.63) is 58.9 Å². The molecule has 1 heterocycles. The van der Waals surface area contributed by atoms with Gasteiger partial charge in [0.2, 0.25) is 0 Å². The van der Waals surface area contributed by atoms with Crippen molar-refractivity contribution in [2.24, 2.45) is 0 Å². The molecule has 98 valence electrons. The number of rotatable bonds is 3. The summed E-state index contributed by atoms with van der Waals surface area (Å²) in [6.07, 6.45) is 1.45.